The fourth-order valence-corrected chi connectivity index (χ4v) is 2.82. The quantitative estimate of drug-likeness (QED) is 0.540. The number of methoxy groups -OCH3 is 1. The lowest BCUT2D eigenvalue weighted by atomic mass is 10.1. The summed E-state index contributed by atoms with van der Waals surface area (Å²) < 4.78 is 38.3. The van der Waals surface area contributed by atoms with Crippen molar-refractivity contribution in [3.8, 4) is 0 Å². The van der Waals surface area contributed by atoms with Crippen LogP contribution in [-0.4, -0.2) is 68.5 Å². The van der Waals surface area contributed by atoms with E-state index < -0.39 is 48.5 Å². The first-order valence-corrected chi connectivity index (χ1v) is 8.46. The maximum absolute atomic E-state index is 14.2. The minimum atomic E-state index is -3.87. The van der Waals surface area contributed by atoms with E-state index in [0.717, 1.165) is 19.4 Å². The van der Waals surface area contributed by atoms with Crippen molar-refractivity contribution >= 4 is 17.7 Å². The predicted octanol–water partition coefficient (Wildman–Crippen LogP) is -0.437. The Morgan fingerprint density at radius 1 is 1.40 bits per heavy atom. The van der Waals surface area contributed by atoms with E-state index in [2.05, 4.69) is 20.0 Å². The summed E-state index contributed by atoms with van der Waals surface area (Å²) in [5, 5.41) is 20.8. The fourth-order valence-electron chi connectivity index (χ4n) is 2.82. The summed E-state index contributed by atoms with van der Waals surface area (Å²) in [6.45, 7) is -0.879. The topological polar surface area (TPSA) is 153 Å². The highest BCUT2D eigenvalue weighted by Crippen LogP contribution is 2.41. The average molecular weight is 426 g/mol. The van der Waals surface area contributed by atoms with Crippen LogP contribution < -0.4 is 11.0 Å². The normalized spacial score (nSPS) is 22.5. The molecule has 0 unspecified atom stereocenters. The van der Waals surface area contributed by atoms with Gasteiger partial charge in [0.15, 0.2) is 6.10 Å². The Kier molecular flexibility index (Phi) is 5.87. The molecule has 11 nitrogen and oxygen atoms in total. The van der Waals surface area contributed by atoms with Gasteiger partial charge in [0.1, 0.15) is 17.6 Å². The maximum atomic E-state index is 14.2. The Balaban J connectivity index is 1.85. The molecule has 160 valence electrons. The lowest BCUT2D eigenvalue weighted by Crippen LogP contribution is -2.41. The van der Waals surface area contributed by atoms with Crippen molar-refractivity contribution in [2.24, 2.45) is 0 Å². The first-order valence-electron chi connectivity index (χ1n) is 8.46. The molecule has 3 rings (SSSR count). The summed E-state index contributed by atoms with van der Waals surface area (Å²) >= 11 is 0. The molecule has 3 heterocycles. The number of aromatic nitrogens is 3. The van der Waals surface area contributed by atoms with E-state index in [4.69, 9.17) is 9.84 Å². The van der Waals surface area contributed by atoms with Crippen LogP contribution in [0.25, 0.3) is 0 Å². The fraction of sp³-hybridized carbons (Fsp3) is 0.353. The number of aliphatic hydroxyl groups excluding tert-OH is 2. The zero-order valence-electron chi connectivity index (χ0n) is 15.4. The molecule has 0 bridgehead atoms. The number of esters is 1. The highest BCUT2D eigenvalue weighted by molar-refractivity contribution is 6.09. The summed E-state index contributed by atoms with van der Waals surface area (Å²) in [7, 11) is 1.12. The lowest BCUT2D eigenvalue weighted by molar-refractivity contribution is -0.140. The van der Waals surface area contributed by atoms with Crippen molar-refractivity contribution in [1.82, 2.24) is 14.5 Å². The molecule has 3 atom stereocenters. The van der Waals surface area contributed by atoms with E-state index in [0.29, 0.717) is 4.57 Å². The van der Waals surface area contributed by atoms with Crippen molar-refractivity contribution in [3.63, 3.8) is 0 Å². The molecule has 0 aliphatic carbocycles. The van der Waals surface area contributed by atoms with Crippen molar-refractivity contribution in [1.29, 1.82) is 0 Å². The van der Waals surface area contributed by atoms with Gasteiger partial charge in [0.05, 0.1) is 19.3 Å². The third-order valence-electron chi connectivity index (χ3n) is 4.31. The van der Waals surface area contributed by atoms with E-state index in [1.165, 1.54) is 18.3 Å². The number of nitrogens with zero attached hydrogens (tertiary/aromatic N) is 3. The first-order chi connectivity index (χ1) is 14.2. The predicted molar refractivity (Wildman–Crippen MR) is 94.0 cm³/mol. The third-order valence-corrected chi connectivity index (χ3v) is 4.31. The smallest absolute Gasteiger partial charge is 0.351 e. The number of hydrogen-bond donors (Lipinski definition) is 3. The van der Waals surface area contributed by atoms with E-state index >= 15 is 0 Å². The average Bonchev–Trinajstić information content (AvgIpc) is 2.96. The SMILES string of the molecule is COC(=O)c1cccnc1C(=O)Nc1ccn([C@@H]2O[C@H](CO)[C@@H](O)C2(F)F)c(=O)n1. The molecule has 0 saturated carbocycles. The van der Waals surface area contributed by atoms with Crippen LogP contribution in [0, 0.1) is 0 Å². The van der Waals surface area contributed by atoms with Gasteiger partial charge in [-0.3, -0.25) is 14.3 Å². The number of alkyl halides is 2. The Morgan fingerprint density at radius 2 is 2.13 bits per heavy atom. The molecule has 0 aromatic carbocycles. The van der Waals surface area contributed by atoms with Gasteiger partial charge in [0.25, 0.3) is 5.91 Å². The molecule has 1 fully saturated rings. The molecular formula is C17H16F2N4O7. The maximum Gasteiger partial charge on any atom is 0.351 e. The summed E-state index contributed by atoms with van der Waals surface area (Å²) in [6, 6.07) is 3.76. The van der Waals surface area contributed by atoms with Crippen LogP contribution in [0.3, 0.4) is 0 Å². The summed E-state index contributed by atoms with van der Waals surface area (Å²) in [4.78, 5) is 43.6. The Morgan fingerprint density at radius 3 is 2.73 bits per heavy atom. The summed E-state index contributed by atoms with van der Waals surface area (Å²) in [5.74, 6) is -5.87. The van der Waals surface area contributed by atoms with Gasteiger partial charge in [0.2, 0.25) is 6.23 Å². The molecule has 30 heavy (non-hydrogen) atoms. The number of ether oxygens (including phenoxy) is 2. The van der Waals surface area contributed by atoms with Crippen LogP contribution >= 0.6 is 0 Å². The van der Waals surface area contributed by atoms with Crippen molar-refractivity contribution in [2.45, 2.75) is 24.4 Å². The number of aliphatic hydroxyl groups is 2. The van der Waals surface area contributed by atoms with E-state index in [1.54, 1.807) is 0 Å². The van der Waals surface area contributed by atoms with Gasteiger partial charge in [-0.05, 0) is 18.2 Å². The van der Waals surface area contributed by atoms with Crippen molar-refractivity contribution in [2.75, 3.05) is 19.0 Å². The van der Waals surface area contributed by atoms with Crippen LogP contribution in [0.1, 0.15) is 27.1 Å². The number of carbonyl (C=O) groups excluding carboxylic acids is 2. The van der Waals surface area contributed by atoms with Gasteiger partial charge in [-0.25, -0.2) is 9.59 Å². The van der Waals surface area contributed by atoms with Gasteiger partial charge in [-0.1, -0.05) is 0 Å². The number of hydrogen-bond acceptors (Lipinski definition) is 9. The lowest BCUT2D eigenvalue weighted by Gasteiger charge is -2.21. The number of halogens is 2. The van der Waals surface area contributed by atoms with Crippen LogP contribution in [0.4, 0.5) is 14.6 Å². The standard InChI is InChI=1S/C17H16F2N4O7/c1-29-14(27)8-3-2-5-20-11(8)13(26)21-10-4-6-23(16(28)22-10)15-17(18,19)12(25)9(7-24)30-15/h2-6,9,12,15,24-25H,7H2,1H3,(H,21,22,26,28)/t9-,12-,15-/m1/s1. The molecule has 1 aliphatic heterocycles. The second-order valence-electron chi connectivity index (χ2n) is 6.18. The van der Waals surface area contributed by atoms with Crippen LogP contribution in [0.2, 0.25) is 0 Å². The van der Waals surface area contributed by atoms with Crippen molar-refractivity contribution in [3.05, 3.63) is 52.3 Å². The second kappa shape index (κ2) is 8.22. The minimum absolute atomic E-state index is 0.131. The van der Waals surface area contributed by atoms with Gasteiger partial charge >= 0.3 is 17.6 Å². The highest BCUT2D eigenvalue weighted by Gasteiger charge is 2.59. The molecule has 3 N–H and O–H groups in total. The number of anilines is 1. The number of carbonyl (C=O) groups is 2. The van der Waals surface area contributed by atoms with Gasteiger partial charge in [-0.15, -0.1) is 0 Å². The third kappa shape index (κ3) is 3.77. The molecular weight excluding hydrogens is 410 g/mol. The van der Waals surface area contributed by atoms with Gasteiger partial charge in [-0.2, -0.15) is 13.8 Å². The molecule has 1 aliphatic rings. The van der Waals surface area contributed by atoms with Crippen molar-refractivity contribution < 1.29 is 38.1 Å². The number of nitrogens with one attached hydrogen (secondary N) is 1. The first kappa shape index (κ1) is 21.4. The zero-order chi connectivity index (χ0) is 22.1. The molecule has 0 radical (unpaired) electrons. The van der Waals surface area contributed by atoms with Crippen LogP contribution in [0.15, 0.2) is 35.4 Å². The Bertz CT molecular complexity index is 1030. The second-order valence-corrected chi connectivity index (χ2v) is 6.18. The van der Waals surface area contributed by atoms with E-state index in [9.17, 15) is 28.3 Å². The molecule has 2 aromatic rings. The van der Waals surface area contributed by atoms with E-state index in [1.807, 2.05) is 0 Å². The summed E-state index contributed by atoms with van der Waals surface area (Å²) in [5.41, 5.74) is -1.64. The molecule has 0 spiro atoms. The van der Waals surface area contributed by atoms with Gasteiger partial charge < -0.3 is 25.0 Å². The van der Waals surface area contributed by atoms with Crippen LogP contribution in [-0.2, 0) is 9.47 Å². The van der Waals surface area contributed by atoms with Gasteiger partial charge in [0, 0.05) is 12.4 Å². The molecule has 2 aromatic heterocycles. The summed E-state index contributed by atoms with van der Waals surface area (Å²) in [6.07, 6.45) is -3.96. The van der Waals surface area contributed by atoms with E-state index in [-0.39, 0.29) is 17.1 Å². The minimum Gasteiger partial charge on any atom is -0.465 e. The molecule has 1 saturated heterocycles. The zero-order valence-corrected chi connectivity index (χ0v) is 15.4. The monoisotopic (exact) mass is 426 g/mol. The Hall–Kier alpha value is -3.29. The molecule has 1 amide bonds. The Labute approximate surface area is 166 Å². The number of rotatable bonds is 5. The number of amides is 1. The van der Waals surface area contributed by atoms with Crippen LogP contribution in [0.5, 0.6) is 0 Å². The largest absolute Gasteiger partial charge is 0.465 e. The number of pyridine rings is 1. The highest BCUT2D eigenvalue weighted by atomic mass is 19.3. The molecule has 13 heteroatoms.